The summed E-state index contributed by atoms with van der Waals surface area (Å²) < 4.78 is 5.50. The van der Waals surface area contributed by atoms with Crippen molar-refractivity contribution in [2.45, 2.75) is 32.1 Å². The van der Waals surface area contributed by atoms with Crippen LogP contribution in [0.2, 0.25) is 0 Å². The number of anilines is 1. The molecular weight excluding hydrogens is 352 g/mol. The third-order valence-corrected chi connectivity index (χ3v) is 6.46. The first kappa shape index (κ1) is 20.5. The number of carbonyl (C=O) groups excluding carboxylic acids is 1. The number of nitriles is 1. The molecule has 28 heavy (non-hydrogen) atoms. The summed E-state index contributed by atoms with van der Waals surface area (Å²) in [5.41, 5.74) is 6.55. The van der Waals surface area contributed by atoms with Crippen molar-refractivity contribution in [3.63, 3.8) is 0 Å². The molecule has 1 aromatic carbocycles. The van der Waals surface area contributed by atoms with Crippen LogP contribution in [0.15, 0.2) is 24.3 Å². The predicted octanol–water partition coefficient (Wildman–Crippen LogP) is 2.64. The van der Waals surface area contributed by atoms with Gasteiger partial charge in [-0.15, -0.1) is 0 Å². The number of benzene rings is 1. The lowest BCUT2D eigenvalue weighted by Gasteiger charge is -2.37. The number of hydrogen-bond donors (Lipinski definition) is 1. The fourth-order valence-corrected chi connectivity index (χ4v) is 4.68. The minimum absolute atomic E-state index is 0.156. The van der Waals surface area contributed by atoms with Gasteiger partial charge in [-0.1, -0.05) is 25.0 Å². The summed E-state index contributed by atoms with van der Waals surface area (Å²) >= 11 is 0. The highest BCUT2D eigenvalue weighted by atomic mass is 16.5. The molecular formula is C22H32N4O2. The monoisotopic (exact) mass is 384 g/mol. The Balaban J connectivity index is 1.40. The zero-order valence-electron chi connectivity index (χ0n) is 16.8. The summed E-state index contributed by atoms with van der Waals surface area (Å²) in [5, 5.41) is 9.16. The quantitative estimate of drug-likeness (QED) is 0.781. The fourth-order valence-electron chi connectivity index (χ4n) is 4.68. The first-order valence-corrected chi connectivity index (χ1v) is 10.4. The maximum atomic E-state index is 11.4. The summed E-state index contributed by atoms with van der Waals surface area (Å²) in [6, 6.07) is 10.3. The predicted molar refractivity (Wildman–Crippen MR) is 110 cm³/mol. The van der Waals surface area contributed by atoms with E-state index >= 15 is 0 Å². The van der Waals surface area contributed by atoms with Crippen LogP contribution in [0.5, 0.6) is 5.75 Å². The Hall–Kier alpha value is -2.26. The minimum atomic E-state index is -0.607. The Morgan fingerprint density at radius 2 is 1.89 bits per heavy atom. The van der Waals surface area contributed by atoms with Crippen LogP contribution in [0.1, 0.15) is 32.1 Å². The zero-order chi connectivity index (χ0) is 19.9. The highest BCUT2D eigenvalue weighted by Crippen LogP contribution is 2.35. The Morgan fingerprint density at radius 3 is 2.50 bits per heavy atom. The molecule has 0 radical (unpaired) electrons. The maximum Gasteiger partial charge on any atom is 0.235 e. The number of nitrogens with zero attached hydrogens (tertiary/aromatic N) is 3. The van der Waals surface area contributed by atoms with Gasteiger partial charge in [0.15, 0.2) is 0 Å². The van der Waals surface area contributed by atoms with Gasteiger partial charge in [-0.2, -0.15) is 5.26 Å². The molecule has 2 N–H and O–H groups in total. The van der Waals surface area contributed by atoms with Crippen LogP contribution in [0.3, 0.4) is 0 Å². The molecule has 3 rings (SSSR count). The van der Waals surface area contributed by atoms with Crippen molar-refractivity contribution in [3.05, 3.63) is 24.3 Å². The summed E-state index contributed by atoms with van der Waals surface area (Å²) in [6.07, 6.45) is 5.32. The average Bonchev–Trinajstić information content (AvgIpc) is 2.74. The molecule has 2 aliphatic rings. The summed E-state index contributed by atoms with van der Waals surface area (Å²) in [6.45, 7) is 5.33. The normalized spacial score (nSPS) is 24.4. The Labute approximate surface area is 168 Å². The van der Waals surface area contributed by atoms with E-state index < -0.39 is 11.8 Å². The van der Waals surface area contributed by atoms with Crippen LogP contribution in [0.25, 0.3) is 0 Å². The van der Waals surface area contributed by atoms with Crippen molar-refractivity contribution >= 4 is 11.6 Å². The van der Waals surface area contributed by atoms with E-state index in [1.165, 1.54) is 12.1 Å². The van der Waals surface area contributed by atoms with Crippen molar-refractivity contribution in [3.8, 4) is 11.8 Å². The summed E-state index contributed by atoms with van der Waals surface area (Å²) in [7, 11) is 1.73. The van der Waals surface area contributed by atoms with Crippen molar-refractivity contribution < 1.29 is 9.53 Å². The van der Waals surface area contributed by atoms with Gasteiger partial charge in [0, 0.05) is 26.2 Å². The van der Waals surface area contributed by atoms with Gasteiger partial charge in [-0.05, 0) is 49.8 Å². The van der Waals surface area contributed by atoms with E-state index in [-0.39, 0.29) is 5.92 Å². The number of primary amides is 1. The number of piperazine rings is 1. The van der Waals surface area contributed by atoms with E-state index in [1.54, 1.807) is 7.11 Å². The van der Waals surface area contributed by atoms with E-state index in [1.807, 2.05) is 12.1 Å². The van der Waals surface area contributed by atoms with Gasteiger partial charge in [-0.3, -0.25) is 9.69 Å². The highest BCUT2D eigenvalue weighted by molar-refractivity contribution is 5.79. The second-order valence-corrected chi connectivity index (χ2v) is 8.08. The molecule has 1 amide bonds. The molecule has 0 bridgehead atoms. The Bertz CT molecular complexity index is 686. The average molecular weight is 385 g/mol. The second-order valence-electron chi connectivity index (χ2n) is 8.08. The van der Waals surface area contributed by atoms with Crippen molar-refractivity contribution in [1.82, 2.24) is 4.90 Å². The molecule has 1 heterocycles. The lowest BCUT2D eigenvalue weighted by atomic mass is 9.75. The van der Waals surface area contributed by atoms with Gasteiger partial charge in [0.2, 0.25) is 5.91 Å². The molecule has 6 nitrogen and oxygen atoms in total. The van der Waals surface area contributed by atoms with E-state index in [2.05, 4.69) is 28.0 Å². The maximum absolute atomic E-state index is 11.4. The Kier molecular flexibility index (Phi) is 7.16. The van der Waals surface area contributed by atoms with Crippen LogP contribution in [0, 0.1) is 29.1 Å². The Morgan fingerprint density at radius 1 is 1.21 bits per heavy atom. The molecule has 1 saturated carbocycles. The number of ether oxygens (including phenoxy) is 1. The smallest absolute Gasteiger partial charge is 0.235 e. The molecule has 6 heteroatoms. The highest BCUT2D eigenvalue weighted by Gasteiger charge is 2.31. The molecule has 1 saturated heterocycles. The number of methoxy groups -OCH3 is 1. The van der Waals surface area contributed by atoms with E-state index in [0.29, 0.717) is 5.92 Å². The number of amides is 1. The first-order valence-electron chi connectivity index (χ1n) is 10.4. The number of nitrogens with two attached hydrogens (primary N) is 1. The third kappa shape index (κ3) is 4.96. The van der Waals surface area contributed by atoms with Crippen LogP contribution in [-0.4, -0.2) is 50.6 Å². The van der Waals surface area contributed by atoms with Gasteiger partial charge >= 0.3 is 0 Å². The topological polar surface area (TPSA) is 82.6 Å². The molecule has 1 aliphatic heterocycles. The largest absolute Gasteiger partial charge is 0.495 e. The molecule has 2 fully saturated rings. The summed E-state index contributed by atoms with van der Waals surface area (Å²) in [5.74, 6) is 0.737. The molecule has 1 aliphatic carbocycles. The SMILES string of the molecule is COc1ccccc1N1CCN(CCC2CCC(C(C#N)C(N)=O)CC2)CC1. The minimum Gasteiger partial charge on any atom is -0.495 e. The number of carbonyl (C=O) groups is 1. The molecule has 152 valence electrons. The number of rotatable bonds is 7. The fraction of sp³-hybridized carbons (Fsp3) is 0.636. The zero-order valence-corrected chi connectivity index (χ0v) is 16.8. The number of para-hydroxylation sites is 2. The van der Waals surface area contributed by atoms with E-state index in [0.717, 1.165) is 64.2 Å². The molecule has 0 spiro atoms. The van der Waals surface area contributed by atoms with Gasteiger partial charge in [0.25, 0.3) is 0 Å². The van der Waals surface area contributed by atoms with E-state index in [9.17, 15) is 4.79 Å². The lowest BCUT2D eigenvalue weighted by molar-refractivity contribution is -0.122. The molecule has 1 aromatic rings. The van der Waals surface area contributed by atoms with E-state index in [4.69, 9.17) is 15.7 Å². The van der Waals surface area contributed by atoms with Crippen molar-refractivity contribution in [1.29, 1.82) is 5.26 Å². The van der Waals surface area contributed by atoms with Gasteiger partial charge < -0.3 is 15.4 Å². The van der Waals surface area contributed by atoms with Crippen LogP contribution in [0.4, 0.5) is 5.69 Å². The second kappa shape index (κ2) is 9.79. The lowest BCUT2D eigenvalue weighted by Crippen LogP contribution is -2.47. The van der Waals surface area contributed by atoms with Crippen LogP contribution in [-0.2, 0) is 4.79 Å². The third-order valence-electron chi connectivity index (χ3n) is 6.46. The first-order chi connectivity index (χ1) is 13.6. The van der Waals surface area contributed by atoms with Crippen molar-refractivity contribution in [2.24, 2.45) is 23.5 Å². The molecule has 1 atom stereocenters. The van der Waals surface area contributed by atoms with Gasteiger partial charge in [-0.25, -0.2) is 0 Å². The van der Waals surface area contributed by atoms with Crippen LogP contribution >= 0.6 is 0 Å². The van der Waals surface area contributed by atoms with Crippen molar-refractivity contribution in [2.75, 3.05) is 44.7 Å². The van der Waals surface area contributed by atoms with Gasteiger partial charge in [0.05, 0.1) is 18.9 Å². The molecule has 0 aromatic heterocycles. The number of hydrogen-bond acceptors (Lipinski definition) is 5. The summed E-state index contributed by atoms with van der Waals surface area (Å²) in [4.78, 5) is 16.4. The standard InChI is InChI=1S/C22H32N4O2/c1-28-21-5-3-2-4-20(21)26-14-12-25(13-15-26)11-10-17-6-8-18(9-7-17)19(16-23)22(24)27/h2-5,17-19H,6-15H2,1H3,(H2,24,27). The van der Waals surface area contributed by atoms with Gasteiger partial charge in [0.1, 0.15) is 11.7 Å². The molecule has 1 unspecified atom stereocenters. The van der Waals surface area contributed by atoms with Crippen LogP contribution < -0.4 is 15.4 Å².